The van der Waals surface area contributed by atoms with Crippen LogP contribution in [0.1, 0.15) is 48.9 Å². The van der Waals surface area contributed by atoms with E-state index in [9.17, 15) is 4.79 Å². The van der Waals surface area contributed by atoms with Crippen molar-refractivity contribution in [3.63, 3.8) is 0 Å². The molecule has 1 aliphatic carbocycles. The van der Waals surface area contributed by atoms with E-state index in [4.69, 9.17) is 10.8 Å². The number of rotatable bonds is 3. The average Bonchev–Trinajstić information content (AvgIpc) is 2.48. The molecule has 0 radical (unpaired) electrons. The molecule has 4 nitrogen and oxygen atoms in total. The summed E-state index contributed by atoms with van der Waals surface area (Å²) in [6.45, 7) is -0.189. The monoisotopic (exact) mass is 265 g/mol. The van der Waals surface area contributed by atoms with Crippen molar-refractivity contribution in [2.45, 2.75) is 38.5 Å². The molecule has 0 heterocycles. The highest BCUT2D eigenvalue weighted by Gasteiger charge is 2.08. The van der Waals surface area contributed by atoms with Crippen LogP contribution in [0.3, 0.4) is 0 Å². The van der Waals surface area contributed by atoms with Gasteiger partial charge in [-0.1, -0.05) is 50.7 Å². The van der Waals surface area contributed by atoms with E-state index in [0.29, 0.717) is 11.3 Å². The summed E-state index contributed by atoms with van der Waals surface area (Å²) in [7, 11) is 0. The normalized spacial score (nSPS) is 14.2. The van der Waals surface area contributed by atoms with Crippen molar-refractivity contribution < 1.29 is 14.6 Å². The Kier molecular flexibility index (Phi) is 7.66. The predicted octanol–water partition coefficient (Wildman–Crippen LogP) is 2.76. The van der Waals surface area contributed by atoms with Crippen LogP contribution >= 0.6 is 0 Å². The van der Waals surface area contributed by atoms with Gasteiger partial charge < -0.3 is 15.6 Å². The Morgan fingerprint density at radius 2 is 1.63 bits per heavy atom. The number of nitrogen functional groups attached to an aromatic ring is 1. The highest BCUT2D eigenvalue weighted by Crippen LogP contribution is 2.15. The Bertz CT molecular complexity index is 364. The lowest BCUT2D eigenvalue weighted by atomic mass is 10.0. The Balaban J connectivity index is 0.000000250. The molecule has 0 aromatic heterocycles. The number of esters is 1. The summed E-state index contributed by atoms with van der Waals surface area (Å²) in [4.78, 5) is 11.2. The average molecular weight is 265 g/mol. The molecular weight excluding hydrogens is 242 g/mol. The number of carbonyl (C=O) groups is 1. The summed E-state index contributed by atoms with van der Waals surface area (Å²) >= 11 is 0. The minimum atomic E-state index is -0.507. The van der Waals surface area contributed by atoms with E-state index in [-0.39, 0.29) is 13.2 Å². The smallest absolute Gasteiger partial charge is 0.340 e. The lowest BCUT2D eigenvalue weighted by molar-refractivity contribution is 0.0435. The zero-order valence-corrected chi connectivity index (χ0v) is 11.3. The first-order valence-electron chi connectivity index (χ1n) is 6.88. The third-order valence-corrected chi connectivity index (χ3v) is 3.01. The number of nitrogens with two attached hydrogens (primary N) is 1. The molecule has 2 rings (SSSR count). The van der Waals surface area contributed by atoms with Gasteiger partial charge in [0.2, 0.25) is 0 Å². The van der Waals surface area contributed by atoms with Gasteiger partial charge in [-0.2, -0.15) is 0 Å². The van der Waals surface area contributed by atoms with E-state index in [2.05, 4.69) is 4.74 Å². The molecule has 4 heteroatoms. The summed E-state index contributed by atoms with van der Waals surface area (Å²) < 4.78 is 4.69. The van der Waals surface area contributed by atoms with Gasteiger partial charge in [-0.15, -0.1) is 0 Å². The summed E-state index contributed by atoms with van der Waals surface area (Å²) in [5.41, 5.74) is 6.24. The van der Waals surface area contributed by atoms with E-state index in [1.807, 2.05) is 0 Å². The molecule has 19 heavy (non-hydrogen) atoms. The fourth-order valence-corrected chi connectivity index (χ4v) is 1.96. The Labute approximate surface area is 114 Å². The third-order valence-electron chi connectivity index (χ3n) is 3.01. The molecule has 1 aromatic carbocycles. The summed E-state index contributed by atoms with van der Waals surface area (Å²) in [6.07, 6.45) is 9.00. The minimum Gasteiger partial charge on any atom is -0.460 e. The van der Waals surface area contributed by atoms with E-state index in [1.54, 1.807) is 24.3 Å². The van der Waals surface area contributed by atoms with Crippen molar-refractivity contribution in [1.82, 2.24) is 0 Å². The number of hydrogen-bond donors (Lipinski definition) is 2. The van der Waals surface area contributed by atoms with Crippen LogP contribution in [0.25, 0.3) is 0 Å². The van der Waals surface area contributed by atoms with Gasteiger partial charge >= 0.3 is 5.97 Å². The van der Waals surface area contributed by atoms with Crippen LogP contribution in [0.4, 0.5) is 5.69 Å². The number of hydrogen-bond acceptors (Lipinski definition) is 4. The number of benzene rings is 1. The van der Waals surface area contributed by atoms with Gasteiger partial charge in [-0.25, -0.2) is 4.79 Å². The SMILES string of the molecule is C1CCCCC1.Nc1ccccc1C(=O)OCCO. The molecule has 1 aliphatic rings. The maximum Gasteiger partial charge on any atom is 0.340 e. The summed E-state index contributed by atoms with van der Waals surface area (Å²) in [6, 6.07) is 6.63. The van der Waals surface area contributed by atoms with Crippen LogP contribution in [0, 0.1) is 0 Å². The van der Waals surface area contributed by atoms with Crippen molar-refractivity contribution in [3.8, 4) is 0 Å². The van der Waals surface area contributed by atoms with Crippen molar-refractivity contribution in [1.29, 1.82) is 0 Å². The first-order valence-corrected chi connectivity index (χ1v) is 6.88. The largest absolute Gasteiger partial charge is 0.460 e. The van der Waals surface area contributed by atoms with Gasteiger partial charge in [0.15, 0.2) is 0 Å². The molecule has 0 aliphatic heterocycles. The van der Waals surface area contributed by atoms with Crippen LogP contribution in [-0.2, 0) is 4.74 Å². The molecule has 106 valence electrons. The molecule has 0 amide bonds. The maximum atomic E-state index is 11.2. The predicted molar refractivity (Wildman–Crippen MR) is 75.9 cm³/mol. The number of para-hydroxylation sites is 1. The van der Waals surface area contributed by atoms with Crippen LogP contribution in [0.2, 0.25) is 0 Å². The molecule has 1 fully saturated rings. The first kappa shape index (κ1) is 15.5. The van der Waals surface area contributed by atoms with E-state index < -0.39 is 5.97 Å². The van der Waals surface area contributed by atoms with Crippen molar-refractivity contribution >= 4 is 11.7 Å². The second-order valence-corrected chi connectivity index (χ2v) is 4.57. The van der Waals surface area contributed by atoms with Crippen LogP contribution < -0.4 is 5.73 Å². The highest BCUT2D eigenvalue weighted by atomic mass is 16.5. The summed E-state index contributed by atoms with van der Waals surface area (Å²) in [5.74, 6) is -0.507. The topological polar surface area (TPSA) is 72.6 Å². The van der Waals surface area contributed by atoms with Crippen LogP contribution in [0.15, 0.2) is 24.3 Å². The molecule has 3 N–H and O–H groups in total. The number of carbonyl (C=O) groups excluding carboxylic acids is 1. The van der Waals surface area contributed by atoms with Crippen LogP contribution in [-0.4, -0.2) is 24.3 Å². The van der Waals surface area contributed by atoms with Gasteiger partial charge in [0.25, 0.3) is 0 Å². The van der Waals surface area contributed by atoms with Gasteiger partial charge in [-0.05, 0) is 12.1 Å². The molecule has 0 atom stereocenters. The van der Waals surface area contributed by atoms with Crippen molar-refractivity contribution in [2.24, 2.45) is 0 Å². The van der Waals surface area contributed by atoms with E-state index in [0.717, 1.165) is 0 Å². The fourth-order valence-electron chi connectivity index (χ4n) is 1.96. The second-order valence-electron chi connectivity index (χ2n) is 4.57. The minimum absolute atomic E-state index is 0.00678. The van der Waals surface area contributed by atoms with Gasteiger partial charge in [-0.3, -0.25) is 0 Å². The van der Waals surface area contributed by atoms with E-state index in [1.165, 1.54) is 38.5 Å². The zero-order chi connectivity index (χ0) is 13.9. The number of aliphatic hydroxyl groups is 1. The zero-order valence-electron chi connectivity index (χ0n) is 11.3. The number of aliphatic hydroxyl groups excluding tert-OH is 1. The highest BCUT2D eigenvalue weighted by molar-refractivity contribution is 5.94. The summed E-state index contributed by atoms with van der Waals surface area (Å²) in [5, 5.41) is 8.42. The Hall–Kier alpha value is -1.55. The standard InChI is InChI=1S/C9H11NO3.C6H12/c10-8-4-2-1-3-7(8)9(12)13-6-5-11;1-2-4-6-5-3-1/h1-4,11H,5-6,10H2;1-6H2. The Morgan fingerprint density at radius 3 is 2.11 bits per heavy atom. The molecule has 1 aromatic rings. The lowest BCUT2D eigenvalue weighted by Crippen LogP contribution is -2.10. The molecular formula is C15H23NO3. The number of anilines is 1. The molecule has 0 unspecified atom stereocenters. The molecule has 0 spiro atoms. The Morgan fingerprint density at radius 1 is 1.11 bits per heavy atom. The van der Waals surface area contributed by atoms with Crippen molar-refractivity contribution in [2.75, 3.05) is 18.9 Å². The van der Waals surface area contributed by atoms with E-state index >= 15 is 0 Å². The van der Waals surface area contributed by atoms with Gasteiger partial charge in [0.05, 0.1) is 12.2 Å². The fraction of sp³-hybridized carbons (Fsp3) is 0.533. The third kappa shape index (κ3) is 6.25. The first-order chi connectivity index (χ1) is 9.25. The molecule has 0 saturated heterocycles. The van der Waals surface area contributed by atoms with Gasteiger partial charge in [0, 0.05) is 5.69 Å². The lowest BCUT2D eigenvalue weighted by Gasteiger charge is -2.05. The van der Waals surface area contributed by atoms with Crippen molar-refractivity contribution in [3.05, 3.63) is 29.8 Å². The maximum absolute atomic E-state index is 11.2. The van der Waals surface area contributed by atoms with Gasteiger partial charge in [0.1, 0.15) is 6.61 Å². The van der Waals surface area contributed by atoms with Crippen LogP contribution in [0.5, 0.6) is 0 Å². The molecule has 1 saturated carbocycles. The molecule has 0 bridgehead atoms. The second kappa shape index (κ2) is 9.39. The quantitative estimate of drug-likeness (QED) is 0.651. The number of ether oxygens (including phenoxy) is 1.